The lowest BCUT2D eigenvalue weighted by atomic mass is 9.88. The van der Waals surface area contributed by atoms with Crippen LogP contribution in [-0.4, -0.2) is 129 Å². The van der Waals surface area contributed by atoms with E-state index >= 15 is 0 Å². The van der Waals surface area contributed by atoms with Gasteiger partial charge in [-0.15, -0.1) is 11.8 Å². The Morgan fingerprint density at radius 2 is 1.28 bits per heavy atom. The second kappa shape index (κ2) is 23.2. The van der Waals surface area contributed by atoms with Crippen molar-refractivity contribution >= 4 is 72.5 Å². The van der Waals surface area contributed by atoms with E-state index in [1.165, 1.54) is 55.3 Å². The van der Waals surface area contributed by atoms with Crippen LogP contribution in [0.3, 0.4) is 0 Å². The summed E-state index contributed by atoms with van der Waals surface area (Å²) >= 11 is 3.11. The van der Waals surface area contributed by atoms with Crippen molar-refractivity contribution in [2.75, 3.05) is 13.2 Å². The third kappa shape index (κ3) is 13.8. The molecule has 3 aromatic carbocycles. The number of aliphatic hydroxyl groups is 1. The summed E-state index contributed by atoms with van der Waals surface area (Å²) in [5.74, 6) is -2.64. The number of carbonyl (C=O) groups excluding carboxylic acids is 3. The summed E-state index contributed by atoms with van der Waals surface area (Å²) in [6.07, 6.45) is -10.4. The molecule has 0 aromatic heterocycles. The van der Waals surface area contributed by atoms with E-state index < -0.39 is 133 Å². The zero-order chi connectivity index (χ0) is 50.4. The molecule has 0 aliphatic carbocycles. The molecule has 6 rings (SSSR count). The van der Waals surface area contributed by atoms with Crippen LogP contribution in [0.4, 0.5) is 0 Å². The summed E-state index contributed by atoms with van der Waals surface area (Å²) < 4.78 is 114. The van der Waals surface area contributed by atoms with Gasteiger partial charge in [0.05, 0.1) is 43.9 Å². The van der Waals surface area contributed by atoms with Crippen LogP contribution in [-0.2, 0) is 80.9 Å². The Hall–Kier alpha value is -3.69. The zero-order valence-corrected chi connectivity index (χ0v) is 43.7. The predicted octanol–water partition coefficient (Wildman–Crippen LogP) is 5.71. The standard InChI is InChI=1S/C47H57IO18S3/c1-26(2)44(51)66-43-29(5)60-46(42(48)47(43,8)52)65-40-39(62-31(7)50)37(25-59-69(55,56)34-20-16-28(4)17-21-34)64-45(41(40)67-32-12-10-9-11-13-32)63-35-22-23-57-36(38(35)61-30(6)49)24-58-68(53,54)33-18-14-27(3)15-19-33/h9-23,26,29,35-43,45-46,52H,24-25H2,1-8H3/t29-,35+,36+,37+,38-,39+,40+,41-,42-,43-,45+,46-,47+/m0/s1. The molecule has 3 aliphatic rings. The van der Waals surface area contributed by atoms with Gasteiger partial charge < -0.3 is 43.0 Å². The number of benzene rings is 3. The first-order valence-corrected chi connectivity index (χ1v) is 26.9. The van der Waals surface area contributed by atoms with Crippen molar-refractivity contribution in [2.45, 2.75) is 146 Å². The van der Waals surface area contributed by atoms with Crippen LogP contribution in [0, 0.1) is 19.8 Å². The van der Waals surface area contributed by atoms with Crippen molar-refractivity contribution in [3.63, 3.8) is 0 Å². The van der Waals surface area contributed by atoms with Gasteiger partial charge in [0.25, 0.3) is 20.2 Å². The average molecular weight is 1130 g/mol. The van der Waals surface area contributed by atoms with Crippen molar-refractivity contribution in [2.24, 2.45) is 5.92 Å². The first kappa shape index (κ1) is 54.6. The van der Waals surface area contributed by atoms with E-state index in [9.17, 15) is 36.3 Å². The van der Waals surface area contributed by atoms with Crippen molar-refractivity contribution < 1.29 is 82.6 Å². The lowest BCUT2D eigenvalue weighted by Gasteiger charge is -2.51. The lowest BCUT2D eigenvalue weighted by Crippen LogP contribution is -2.67. The van der Waals surface area contributed by atoms with E-state index in [1.807, 2.05) is 22.6 Å². The summed E-state index contributed by atoms with van der Waals surface area (Å²) in [6, 6.07) is 20.9. The number of esters is 3. The Morgan fingerprint density at radius 3 is 1.81 bits per heavy atom. The Balaban J connectivity index is 1.40. The predicted molar refractivity (Wildman–Crippen MR) is 256 cm³/mol. The van der Waals surface area contributed by atoms with E-state index in [0.29, 0.717) is 4.90 Å². The monoisotopic (exact) mass is 1130 g/mol. The molecule has 69 heavy (non-hydrogen) atoms. The molecule has 0 spiro atoms. The Morgan fingerprint density at radius 1 is 0.739 bits per heavy atom. The van der Waals surface area contributed by atoms with Crippen LogP contribution >= 0.6 is 34.4 Å². The van der Waals surface area contributed by atoms with Gasteiger partial charge in [-0.25, -0.2) is 0 Å². The molecular formula is C47H57IO18S3. The van der Waals surface area contributed by atoms with Crippen LogP contribution in [0.1, 0.15) is 52.7 Å². The molecule has 2 saturated heterocycles. The molecule has 0 unspecified atom stereocenters. The van der Waals surface area contributed by atoms with Gasteiger partial charge in [0.2, 0.25) is 0 Å². The van der Waals surface area contributed by atoms with Crippen LogP contribution in [0.2, 0.25) is 0 Å². The number of ether oxygens (including phenoxy) is 8. The minimum absolute atomic E-state index is 0.114. The van der Waals surface area contributed by atoms with Gasteiger partial charge in [-0.2, -0.15) is 16.8 Å². The first-order chi connectivity index (χ1) is 32.5. The largest absolute Gasteiger partial charge is 0.492 e. The number of halogens is 1. The molecule has 0 saturated carbocycles. The van der Waals surface area contributed by atoms with Crippen LogP contribution in [0.25, 0.3) is 0 Å². The SMILES string of the molecule is CC(=O)O[C@H]1[C@@H](O[C@@H]2O[C@@H](C)[C@H](OC(=O)C(C)C)[C@](C)(O)[C@H]2I)[C@H](Sc2ccccc2)[C@H](O[C@@H]2C=CO[C@H](COS(=O)(=O)c3ccc(C)cc3)[C@H]2OC(C)=O)O[C@@H]1COS(=O)(=O)c1ccc(C)cc1. The summed E-state index contributed by atoms with van der Waals surface area (Å²) in [7, 11) is -8.78. The highest BCUT2D eigenvalue weighted by atomic mass is 127. The normalized spacial score (nSPS) is 30.5. The molecule has 13 atom stereocenters. The van der Waals surface area contributed by atoms with Gasteiger partial charge in [0, 0.05) is 18.7 Å². The molecule has 3 aromatic rings. The second-order valence-electron chi connectivity index (χ2n) is 17.2. The number of thioether (sulfide) groups is 1. The molecule has 3 heterocycles. The fourth-order valence-corrected chi connectivity index (χ4v) is 11.4. The number of aryl methyl sites for hydroxylation is 2. The highest BCUT2D eigenvalue weighted by molar-refractivity contribution is 14.1. The number of hydrogen-bond donors (Lipinski definition) is 1. The minimum Gasteiger partial charge on any atom is -0.492 e. The van der Waals surface area contributed by atoms with E-state index in [4.69, 9.17) is 46.3 Å². The summed E-state index contributed by atoms with van der Waals surface area (Å²) in [6.45, 7) is 10.9. The average Bonchev–Trinajstić information content (AvgIpc) is 3.28. The van der Waals surface area contributed by atoms with Gasteiger partial charge in [0.1, 0.15) is 30.5 Å². The molecule has 22 heteroatoms. The first-order valence-electron chi connectivity index (χ1n) is 22.0. The topological polar surface area (TPSA) is 232 Å². The maximum Gasteiger partial charge on any atom is 0.308 e. The Bertz CT molecular complexity index is 2490. The molecule has 378 valence electrons. The van der Waals surface area contributed by atoms with E-state index in [2.05, 4.69) is 0 Å². The highest BCUT2D eigenvalue weighted by Crippen LogP contribution is 2.44. The fraction of sp³-hybridized carbons (Fsp3) is 0.511. The maximum absolute atomic E-state index is 13.7. The van der Waals surface area contributed by atoms with Crippen molar-refractivity contribution in [1.29, 1.82) is 0 Å². The van der Waals surface area contributed by atoms with Crippen molar-refractivity contribution in [1.82, 2.24) is 0 Å². The quantitative estimate of drug-likeness (QED) is 0.0528. The van der Waals surface area contributed by atoms with Gasteiger partial charge in [0.15, 0.2) is 37.0 Å². The number of rotatable bonds is 18. The summed E-state index contributed by atoms with van der Waals surface area (Å²) in [4.78, 5) is 39.0. The van der Waals surface area contributed by atoms with E-state index in [-0.39, 0.29) is 9.79 Å². The lowest BCUT2D eigenvalue weighted by molar-refractivity contribution is -0.320. The van der Waals surface area contributed by atoms with E-state index in [0.717, 1.165) is 25.0 Å². The van der Waals surface area contributed by atoms with Crippen LogP contribution in [0.15, 0.2) is 106 Å². The third-order valence-electron chi connectivity index (χ3n) is 11.3. The highest BCUT2D eigenvalue weighted by Gasteiger charge is 2.58. The molecular weight excluding hydrogens is 1080 g/mol. The molecule has 1 N–H and O–H groups in total. The molecule has 0 bridgehead atoms. The number of alkyl halides is 1. The molecule has 0 amide bonds. The minimum atomic E-state index is -4.46. The Labute approximate surface area is 420 Å². The summed E-state index contributed by atoms with van der Waals surface area (Å²) in [5, 5.41) is 11.0. The molecule has 2 fully saturated rings. The second-order valence-corrected chi connectivity index (χ2v) is 23.1. The van der Waals surface area contributed by atoms with Crippen molar-refractivity contribution in [3.8, 4) is 0 Å². The Kier molecular flexibility index (Phi) is 18.4. The van der Waals surface area contributed by atoms with Gasteiger partial charge in [-0.3, -0.25) is 22.7 Å². The third-order valence-corrected chi connectivity index (χ3v) is 17.0. The van der Waals surface area contributed by atoms with Gasteiger partial charge >= 0.3 is 17.9 Å². The smallest absolute Gasteiger partial charge is 0.308 e. The van der Waals surface area contributed by atoms with E-state index in [1.54, 1.807) is 89.2 Å². The van der Waals surface area contributed by atoms with Crippen molar-refractivity contribution in [3.05, 3.63) is 102 Å². The van der Waals surface area contributed by atoms with Crippen LogP contribution < -0.4 is 0 Å². The molecule has 18 nitrogen and oxygen atoms in total. The molecule has 3 aliphatic heterocycles. The van der Waals surface area contributed by atoms with Crippen LogP contribution in [0.5, 0.6) is 0 Å². The zero-order valence-electron chi connectivity index (χ0n) is 39.1. The maximum atomic E-state index is 13.7. The molecule has 0 radical (unpaired) electrons. The van der Waals surface area contributed by atoms with Gasteiger partial charge in [-0.1, -0.05) is 90.0 Å². The number of hydrogen-bond acceptors (Lipinski definition) is 19. The van der Waals surface area contributed by atoms with Gasteiger partial charge in [-0.05, 0) is 70.2 Å². The number of carbonyl (C=O) groups is 3. The summed E-state index contributed by atoms with van der Waals surface area (Å²) in [5.41, 5.74) is -0.132. The fourth-order valence-electron chi connectivity index (χ4n) is 7.61.